The number of hydrogen-bond acceptors (Lipinski definition) is 2. The van der Waals surface area contributed by atoms with E-state index in [-0.39, 0.29) is 17.5 Å². The van der Waals surface area contributed by atoms with E-state index < -0.39 is 6.04 Å². The molecule has 0 bridgehead atoms. The molecule has 0 heterocycles. The van der Waals surface area contributed by atoms with Gasteiger partial charge < -0.3 is 5.73 Å². The third-order valence-electron chi connectivity index (χ3n) is 1.35. The summed E-state index contributed by atoms with van der Waals surface area (Å²) in [5.74, 6) is 0. The zero-order valence-corrected chi connectivity index (χ0v) is 9.12. The van der Waals surface area contributed by atoms with E-state index in [0.29, 0.717) is 6.42 Å². The maximum absolute atomic E-state index is 10.5. The van der Waals surface area contributed by atoms with Gasteiger partial charge in [0.1, 0.15) is 0 Å². The number of thiol groups is 1. The topological polar surface area (TPSA) is 43.1 Å². The molecule has 12 heavy (non-hydrogen) atoms. The quantitative estimate of drug-likeness (QED) is 0.549. The largest absolute Gasteiger partial charge is 0.321 e. The Labute approximate surface area is 85.4 Å². The lowest BCUT2D eigenvalue weighted by Gasteiger charge is -2.03. The van der Waals surface area contributed by atoms with Crippen molar-refractivity contribution in [1.29, 1.82) is 0 Å². The predicted octanol–water partition coefficient (Wildman–Crippen LogP) is 1.94. The number of nitrogens with two attached hydrogens (primary N) is 1. The molecule has 2 N–H and O–H groups in total. The van der Waals surface area contributed by atoms with Crippen molar-refractivity contribution in [2.24, 2.45) is 5.73 Å². The first kappa shape index (κ1) is 14.5. The first-order chi connectivity index (χ1) is 5.04. The molecule has 4 heteroatoms. The maximum Gasteiger partial charge on any atom is 0.202 e. The second-order valence-corrected chi connectivity index (χ2v) is 3.24. The molecule has 0 aromatic heterocycles. The van der Waals surface area contributed by atoms with Gasteiger partial charge in [0.2, 0.25) is 5.12 Å². The van der Waals surface area contributed by atoms with E-state index in [1.165, 1.54) is 5.57 Å². The minimum absolute atomic E-state index is 0. The smallest absolute Gasteiger partial charge is 0.202 e. The highest BCUT2D eigenvalue weighted by Crippen LogP contribution is 2.01. The Balaban J connectivity index is 0. The van der Waals surface area contributed by atoms with E-state index in [9.17, 15) is 4.79 Å². The second kappa shape index (κ2) is 7.65. The van der Waals surface area contributed by atoms with Crippen LogP contribution < -0.4 is 5.73 Å². The molecular weight excluding hydrogens is 194 g/mol. The zero-order valence-electron chi connectivity index (χ0n) is 7.41. The monoisotopic (exact) mass is 209 g/mol. The number of rotatable bonds is 4. The molecule has 0 saturated heterocycles. The first-order valence-electron chi connectivity index (χ1n) is 3.65. The number of halogens is 1. The summed E-state index contributed by atoms with van der Waals surface area (Å²) in [6.45, 7) is 4.04. The van der Waals surface area contributed by atoms with Crippen LogP contribution in [0.15, 0.2) is 11.6 Å². The van der Waals surface area contributed by atoms with Crippen molar-refractivity contribution in [3.8, 4) is 0 Å². The summed E-state index contributed by atoms with van der Waals surface area (Å²) in [7, 11) is 0. The molecule has 1 atom stereocenters. The summed E-state index contributed by atoms with van der Waals surface area (Å²) in [6.07, 6.45) is 3.61. The molecule has 0 spiro atoms. The highest BCUT2D eigenvalue weighted by Gasteiger charge is 2.06. The number of allylic oxidation sites excluding steroid dienone is 2. The van der Waals surface area contributed by atoms with Gasteiger partial charge in [-0.15, -0.1) is 25.0 Å². The van der Waals surface area contributed by atoms with E-state index in [0.717, 1.165) is 6.42 Å². The van der Waals surface area contributed by atoms with Crippen LogP contribution >= 0.6 is 25.0 Å². The van der Waals surface area contributed by atoms with Gasteiger partial charge in [-0.05, 0) is 26.7 Å². The van der Waals surface area contributed by atoms with Gasteiger partial charge in [0, 0.05) is 0 Å². The Kier molecular flexibility index (Phi) is 9.26. The van der Waals surface area contributed by atoms with Crippen molar-refractivity contribution < 1.29 is 4.79 Å². The van der Waals surface area contributed by atoms with Gasteiger partial charge in [0.25, 0.3) is 0 Å². The molecule has 0 aliphatic rings. The summed E-state index contributed by atoms with van der Waals surface area (Å²) in [5, 5.41) is -0.229. The van der Waals surface area contributed by atoms with Crippen LogP contribution in [0, 0.1) is 0 Å². The molecule has 0 aromatic carbocycles. The highest BCUT2D eigenvalue weighted by molar-refractivity contribution is 7.96. The van der Waals surface area contributed by atoms with E-state index in [1.807, 2.05) is 13.8 Å². The second-order valence-electron chi connectivity index (χ2n) is 2.80. The van der Waals surface area contributed by atoms with Gasteiger partial charge >= 0.3 is 0 Å². The van der Waals surface area contributed by atoms with Crippen molar-refractivity contribution in [2.75, 3.05) is 0 Å². The minimum atomic E-state index is -0.408. The van der Waals surface area contributed by atoms with E-state index in [1.54, 1.807) is 0 Å². The lowest BCUT2D eigenvalue weighted by Crippen LogP contribution is -2.26. The van der Waals surface area contributed by atoms with Crippen molar-refractivity contribution in [1.82, 2.24) is 0 Å². The van der Waals surface area contributed by atoms with Gasteiger partial charge in [-0.25, -0.2) is 0 Å². The molecule has 0 radical (unpaired) electrons. The van der Waals surface area contributed by atoms with Crippen molar-refractivity contribution in [3.63, 3.8) is 0 Å². The fraction of sp³-hybridized carbons (Fsp3) is 0.625. The van der Waals surface area contributed by atoms with Gasteiger partial charge in [-0.3, -0.25) is 4.79 Å². The molecule has 0 aliphatic carbocycles. The zero-order chi connectivity index (χ0) is 8.85. The first-order valence-corrected chi connectivity index (χ1v) is 4.10. The standard InChI is InChI=1S/C8H15NOS.ClH/c1-6(2)4-3-5-7(9)8(10)11;/h4,7H,3,5,9H2,1-2H3,(H,10,11);1H. The Bertz CT molecular complexity index is 166. The molecule has 0 amide bonds. The average molecular weight is 210 g/mol. The number of hydrogen-bond donors (Lipinski definition) is 2. The molecule has 72 valence electrons. The number of carbonyl (C=O) groups is 1. The Morgan fingerprint density at radius 1 is 1.58 bits per heavy atom. The van der Waals surface area contributed by atoms with Gasteiger partial charge in [-0.1, -0.05) is 11.6 Å². The summed E-state index contributed by atoms with van der Waals surface area (Å²) >= 11 is 3.63. The minimum Gasteiger partial charge on any atom is -0.321 e. The normalized spacial score (nSPS) is 11.3. The molecule has 0 rings (SSSR count). The summed E-state index contributed by atoms with van der Waals surface area (Å²) in [4.78, 5) is 10.5. The van der Waals surface area contributed by atoms with Crippen LogP contribution in [0.3, 0.4) is 0 Å². The van der Waals surface area contributed by atoms with Crippen molar-refractivity contribution in [2.45, 2.75) is 32.7 Å². The van der Waals surface area contributed by atoms with Crippen LogP contribution in [0.25, 0.3) is 0 Å². The van der Waals surface area contributed by atoms with Gasteiger partial charge in [-0.2, -0.15) is 0 Å². The van der Waals surface area contributed by atoms with Crippen LogP contribution in [-0.4, -0.2) is 11.2 Å². The average Bonchev–Trinajstić information content (AvgIpc) is 1.86. The molecule has 0 fully saturated rings. The predicted molar refractivity (Wildman–Crippen MR) is 57.9 cm³/mol. The molecule has 0 aliphatic heterocycles. The van der Waals surface area contributed by atoms with Crippen molar-refractivity contribution in [3.05, 3.63) is 11.6 Å². The van der Waals surface area contributed by atoms with E-state index in [4.69, 9.17) is 5.73 Å². The van der Waals surface area contributed by atoms with Crippen LogP contribution in [0.4, 0.5) is 0 Å². The molecule has 1 unspecified atom stereocenters. The maximum atomic E-state index is 10.5. The summed E-state index contributed by atoms with van der Waals surface area (Å²) in [5.41, 5.74) is 6.70. The third kappa shape index (κ3) is 8.11. The fourth-order valence-electron chi connectivity index (χ4n) is 0.675. The van der Waals surface area contributed by atoms with E-state index in [2.05, 4.69) is 18.7 Å². The summed E-state index contributed by atoms with van der Waals surface area (Å²) < 4.78 is 0. The molecule has 0 saturated carbocycles. The Hall–Kier alpha value is 0.01000. The molecule has 2 nitrogen and oxygen atoms in total. The highest BCUT2D eigenvalue weighted by atomic mass is 35.5. The van der Waals surface area contributed by atoms with Crippen LogP contribution in [0.5, 0.6) is 0 Å². The van der Waals surface area contributed by atoms with Crippen molar-refractivity contribution >= 4 is 30.2 Å². The third-order valence-corrected chi connectivity index (χ3v) is 1.68. The Morgan fingerprint density at radius 3 is 2.42 bits per heavy atom. The van der Waals surface area contributed by atoms with Crippen LogP contribution in [-0.2, 0) is 4.79 Å². The molecule has 0 aromatic rings. The SMILES string of the molecule is CC(C)=CCCC(N)C(=O)S.Cl. The van der Waals surface area contributed by atoms with Gasteiger partial charge in [0.15, 0.2) is 0 Å². The van der Waals surface area contributed by atoms with Crippen LogP contribution in [0.2, 0.25) is 0 Å². The van der Waals surface area contributed by atoms with E-state index >= 15 is 0 Å². The van der Waals surface area contributed by atoms with Crippen LogP contribution in [0.1, 0.15) is 26.7 Å². The fourth-order valence-corrected chi connectivity index (χ4v) is 0.804. The number of carbonyl (C=O) groups excluding carboxylic acids is 1. The summed E-state index contributed by atoms with van der Waals surface area (Å²) in [6, 6.07) is -0.408. The lowest BCUT2D eigenvalue weighted by molar-refractivity contribution is -0.112. The lowest BCUT2D eigenvalue weighted by atomic mass is 10.1. The van der Waals surface area contributed by atoms with Gasteiger partial charge in [0.05, 0.1) is 6.04 Å². The molecular formula is C8H16ClNOS. The Morgan fingerprint density at radius 2 is 2.08 bits per heavy atom.